The fourth-order valence-corrected chi connectivity index (χ4v) is 3.41. The van der Waals surface area contributed by atoms with E-state index in [2.05, 4.69) is 6.58 Å². The number of rotatable bonds is 4. The molecule has 0 atom stereocenters. The van der Waals surface area contributed by atoms with E-state index in [4.69, 9.17) is 9.47 Å². The van der Waals surface area contributed by atoms with Crippen LogP contribution in [0.5, 0.6) is 0 Å². The van der Waals surface area contributed by atoms with Gasteiger partial charge in [-0.15, -0.1) is 6.58 Å². The fraction of sp³-hybridized carbons (Fsp3) is 0.786. The van der Waals surface area contributed by atoms with Gasteiger partial charge in [0.1, 0.15) is 0 Å². The van der Waals surface area contributed by atoms with E-state index in [0.29, 0.717) is 13.0 Å². The maximum absolute atomic E-state index is 12.0. The second-order valence-electron chi connectivity index (χ2n) is 5.34. The first-order chi connectivity index (χ1) is 8.61. The lowest BCUT2D eigenvalue weighted by Gasteiger charge is -2.47. The molecule has 1 aliphatic heterocycles. The molecule has 0 aromatic heterocycles. The van der Waals surface area contributed by atoms with Gasteiger partial charge in [0, 0.05) is 45.6 Å². The fourth-order valence-electron chi connectivity index (χ4n) is 3.41. The van der Waals surface area contributed by atoms with Crippen LogP contribution in [0.15, 0.2) is 12.7 Å². The summed E-state index contributed by atoms with van der Waals surface area (Å²) >= 11 is 0. The molecule has 18 heavy (non-hydrogen) atoms. The van der Waals surface area contributed by atoms with Crippen LogP contribution in [-0.2, 0) is 14.3 Å². The highest BCUT2D eigenvalue weighted by Crippen LogP contribution is 2.46. The quantitative estimate of drug-likeness (QED) is 0.569. The molecule has 2 fully saturated rings. The highest BCUT2D eigenvalue weighted by Gasteiger charge is 2.50. The average molecular weight is 253 g/mol. The maximum Gasteiger partial charge on any atom is 0.223 e. The highest BCUT2D eigenvalue weighted by molar-refractivity contribution is 5.80. The van der Waals surface area contributed by atoms with E-state index in [-0.39, 0.29) is 11.4 Å². The van der Waals surface area contributed by atoms with Crippen molar-refractivity contribution in [2.75, 3.05) is 20.8 Å². The summed E-state index contributed by atoms with van der Waals surface area (Å²) in [5.74, 6) is -0.186. The molecule has 0 radical (unpaired) electrons. The number of hydrogen-bond acceptors (Lipinski definition) is 3. The molecule has 2 aliphatic rings. The first kappa shape index (κ1) is 13.6. The monoisotopic (exact) mass is 253 g/mol. The molecule has 1 saturated heterocycles. The van der Waals surface area contributed by atoms with Crippen molar-refractivity contribution in [3.05, 3.63) is 12.7 Å². The minimum Gasteiger partial charge on any atom is -0.353 e. The van der Waals surface area contributed by atoms with Crippen molar-refractivity contribution in [2.24, 2.45) is 0 Å². The third-order valence-electron chi connectivity index (χ3n) is 4.68. The number of amides is 1. The van der Waals surface area contributed by atoms with Crippen LogP contribution in [0.25, 0.3) is 0 Å². The summed E-state index contributed by atoms with van der Waals surface area (Å²) in [5.41, 5.74) is 0.0197. The van der Waals surface area contributed by atoms with Gasteiger partial charge in [0.05, 0.1) is 0 Å². The zero-order valence-electron chi connectivity index (χ0n) is 11.4. The summed E-state index contributed by atoms with van der Waals surface area (Å²) in [6, 6.07) is 0. The molecular formula is C14H23NO3. The molecule has 1 amide bonds. The van der Waals surface area contributed by atoms with Crippen LogP contribution in [0.1, 0.15) is 38.5 Å². The van der Waals surface area contributed by atoms with Crippen molar-refractivity contribution in [1.82, 2.24) is 4.90 Å². The largest absolute Gasteiger partial charge is 0.353 e. The van der Waals surface area contributed by atoms with Crippen LogP contribution >= 0.6 is 0 Å². The van der Waals surface area contributed by atoms with Crippen molar-refractivity contribution in [3.8, 4) is 0 Å². The lowest BCUT2D eigenvalue weighted by Crippen LogP contribution is -2.52. The molecule has 1 aliphatic carbocycles. The molecule has 4 heteroatoms. The molecule has 1 saturated carbocycles. The van der Waals surface area contributed by atoms with E-state index in [1.807, 2.05) is 11.0 Å². The van der Waals surface area contributed by atoms with E-state index >= 15 is 0 Å². The van der Waals surface area contributed by atoms with Crippen LogP contribution in [0.4, 0.5) is 0 Å². The first-order valence-corrected chi connectivity index (χ1v) is 6.63. The molecule has 0 N–H and O–H groups in total. The smallest absolute Gasteiger partial charge is 0.223 e. The molecule has 102 valence electrons. The van der Waals surface area contributed by atoms with Crippen molar-refractivity contribution in [1.29, 1.82) is 0 Å². The highest BCUT2D eigenvalue weighted by atomic mass is 16.7. The Morgan fingerprint density at radius 1 is 1.22 bits per heavy atom. The Morgan fingerprint density at radius 2 is 1.83 bits per heavy atom. The van der Waals surface area contributed by atoms with Gasteiger partial charge in [0.2, 0.25) is 5.91 Å². The van der Waals surface area contributed by atoms with Crippen molar-refractivity contribution in [3.63, 3.8) is 0 Å². The predicted octanol–water partition coefficient (Wildman–Crippen LogP) is 2.10. The van der Waals surface area contributed by atoms with Crippen LogP contribution in [0.2, 0.25) is 0 Å². The van der Waals surface area contributed by atoms with Crippen molar-refractivity contribution in [2.45, 2.75) is 49.9 Å². The van der Waals surface area contributed by atoms with Crippen molar-refractivity contribution >= 4 is 5.91 Å². The van der Waals surface area contributed by atoms with Gasteiger partial charge in [-0.25, -0.2) is 0 Å². The summed E-state index contributed by atoms with van der Waals surface area (Å²) in [6.07, 6.45) is 7.05. The minimum atomic E-state index is -0.448. The number of nitrogens with zero attached hydrogens (tertiary/aromatic N) is 1. The molecule has 2 rings (SSSR count). The van der Waals surface area contributed by atoms with Gasteiger partial charge in [0.15, 0.2) is 5.79 Å². The van der Waals surface area contributed by atoms with Crippen LogP contribution in [0.3, 0.4) is 0 Å². The minimum absolute atomic E-state index is 0.0197. The van der Waals surface area contributed by atoms with Gasteiger partial charge in [-0.05, 0) is 19.3 Å². The SMILES string of the molecule is C=CCN1C(=O)CCC12CCC(OC)(OC)CC2. The second kappa shape index (κ2) is 5.02. The van der Waals surface area contributed by atoms with E-state index in [1.165, 1.54) is 0 Å². The number of ether oxygens (including phenoxy) is 2. The van der Waals surface area contributed by atoms with E-state index in [0.717, 1.165) is 32.1 Å². The molecule has 0 aromatic rings. The standard InChI is InChI=1S/C14H23NO3/c1-4-11-15-12(16)5-6-13(15)7-9-14(17-2,18-3)10-8-13/h4H,1,5-11H2,2-3H3. The van der Waals surface area contributed by atoms with Crippen LogP contribution in [-0.4, -0.2) is 42.9 Å². The molecule has 0 bridgehead atoms. The lowest BCUT2D eigenvalue weighted by molar-refractivity contribution is -0.234. The van der Waals surface area contributed by atoms with Gasteiger partial charge in [-0.2, -0.15) is 0 Å². The Morgan fingerprint density at radius 3 is 2.33 bits per heavy atom. The predicted molar refractivity (Wildman–Crippen MR) is 69.1 cm³/mol. The average Bonchev–Trinajstić information content (AvgIpc) is 2.71. The topological polar surface area (TPSA) is 38.8 Å². The Bertz CT molecular complexity index is 326. The molecule has 0 unspecified atom stereocenters. The number of carbonyl (C=O) groups is 1. The van der Waals surface area contributed by atoms with E-state index < -0.39 is 5.79 Å². The van der Waals surface area contributed by atoms with Crippen molar-refractivity contribution < 1.29 is 14.3 Å². The third kappa shape index (κ3) is 2.08. The lowest BCUT2D eigenvalue weighted by atomic mass is 9.77. The number of likely N-dealkylation sites (tertiary alicyclic amines) is 1. The zero-order valence-corrected chi connectivity index (χ0v) is 11.4. The van der Waals surface area contributed by atoms with Gasteiger partial charge < -0.3 is 14.4 Å². The molecule has 1 spiro atoms. The van der Waals surface area contributed by atoms with Crippen LogP contribution in [0, 0.1) is 0 Å². The van der Waals surface area contributed by atoms with Crippen LogP contribution < -0.4 is 0 Å². The van der Waals surface area contributed by atoms with Gasteiger partial charge >= 0.3 is 0 Å². The van der Waals surface area contributed by atoms with Gasteiger partial charge in [0.25, 0.3) is 0 Å². The number of carbonyl (C=O) groups excluding carboxylic acids is 1. The van der Waals surface area contributed by atoms with E-state index in [1.54, 1.807) is 14.2 Å². The Kier molecular flexibility index (Phi) is 3.78. The first-order valence-electron chi connectivity index (χ1n) is 6.63. The molecule has 4 nitrogen and oxygen atoms in total. The summed E-state index contributed by atoms with van der Waals surface area (Å²) in [4.78, 5) is 14.0. The van der Waals surface area contributed by atoms with Gasteiger partial charge in [-0.1, -0.05) is 6.08 Å². The molecule has 0 aromatic carbocycles. The third-order valence-corrected chi connectivity index (χ3v) is 4.68. The zero-order chi connectivity index (χ0) is 13.2. The Labute approximate surface area is 109 Å². The second-order valence-corrected chi connectivity index (χ2v) is 5.34. The molecule has 1 heterocycles. The summed E-state index contributed by atoms with van der Waals surface area (Å²) < 4.78 is 11.0. The Hall–Kier alpha value is -0.870. The van der Waals surface area contributed by atoms with E-state index in [9.17, 15) is 4.79 Å². The summed E-state index contributed by atoms with van der Waals surface area (Å²) in [7, 11) is 3.39. The molecular weight excluding hydrogens is 230 g/mol. The number of methoxy groups -OCH3 is 2. The Balaban J connectivity index is 2.11. The maximum atomic E-state index is 12.0. The van der Waals surface area contributed by atoms with Gasteiger partial charge in [-0.3, -0.25) is 4.79 Å². The normalized spacial score (nSPS) is 25.7. The number of hydrogen-bond donors (Lipinski definition) is 0. The summed E-state index contributed by atoms with van der Waals surface area (Å²) in [5, 5.41) is 0. The summed E-state index contributed by atoms with van der Waals surface area (Å²) in [6.45, 7) is 4.41.